The maximum atomic E-state index is 12.1. The van der Waals surface area contributed by atoms with Crippen LogP contribution in [0.15, 0.2) is 18.2 Å². The second-order valence-electron chi connectivity index (χ2n) is 8.92. The van der Waals surface area contributed by atoms with E-state index in [1.54, 1.807) is 6.07 Å². The van der Waals surface area contributed by atoms with Crippen molar-refractivity contribution in [3.05, 3.63) is 29.3 Å². The highest BCUT2D eigenvalue weighted by atomic mass is 16.7. The van der Waals surface area contributed by atoms with Crippen LogP contribution in [0.4, 0.5) is 4.79 Å². The number of aryl methyl sites for hydroxylation is 1. The molecule has 1 aromatic carbocycles. The van der Waals surface area contributed by atoms with Gasteiger partial charge in [0.1, 0.15) is 24.6 Å². The third kappa shape index (κ3) is 3.37. The first kappa shape index (κ1) is 19.5. The zero-order chi connectivity index (χ0) is 19.9. The van der Waals surface area contributed by atoms with Crippen LogP contribution in [0.25, 0.3) is 0 Å². The van der Waals surface area contributed by atoms with Gasteiger partial charge in [0.25, 0.3) is 0 Å². The molecule has 6 nitrogen and oxygen atoms in total. The number of rotatable bonds is 4. The number of hydrogen-bond donors (Lipinski definition) is 3. The van der Waals surface area contributed by atoms with E-state index >= 15 is 0 Å². The number of aromatic hydroxyl groups is 1. The maximum Gasteiger partial charge on any atom is 0.508 e. The standard InChI is InChI=1S/C22H30O6/c1-22-9-8-17-16-5-3-14(24)10-13(16)2-4-18(17)19(22)6-7-20(22)28-21(26)27-12-15(25)11-23/h3,5,10,15,17-20,23-25H,2,4,6-9,11-12H2,1H3/t15?,17-,18-,19+,20-,22+/m1/s1. The molecule has 0 aromatic heterocycles. The van der Waals surface area contributed by atoms with Crippen LogP contribution in [0.3, 0.4) is 0 Å². The van der Waals surface area contributed by atoms with E-state index < -0.39 is 18.9 Å². The van der Waals surface area contributed by atoms with Crippen LogP contribution in [0.2, 0.25) is 0 Å². The van der Waals surface area contributed by atoms with Gasteiger partial charge in [0.15, 0.2) is 0 Å². The molecule has 28 heavy (non-hydrogen) atoms. The molecule has 3 aliphatic rings. The van der Waals surface area contributed by atoms with Gasteiger partial charge in [-0.3, -0.25) is 0 Å². The number of ether oxygens (including phenoxy) is 2. The van der Waals surface area contributed by atoms with Crippen molar-refractivity contribution in [3.63, 3.8) is 0 Å². The molecule has 0 spiro atoms. The first-order chi connectivity index (χ1) is 13.4. The lowest BCUT2D eigenvalue weighted by Crippen LogP contribution is -2.45. The van der Waals surface area contributed by atoms with Crippen LogP contribution in [-0.4, -0.2) is 46.9 Å². The van der Waals surface area contributed by atoms with E-state index in [1.807, 2.05) is 6.07 Å². The lowest BCUT2D eigenvalue weighted by Gasteiger charge is -2.50. The molecular weight excluding hydrogens is 360 g/mol. The minimum atomic E-state index is -1.07. The maximum absolute atomic E-state index is 12.1. The van der Waals surface area contributed by atoms with Gasteiger partial charge < -0.3 is 24.8 Å². The van der Waals surface area contributed by atoms with E-state index in [9.17, 15) is 15.0 Å². The minimum Gasteiger partial charge on any atom is -0.508 e. The van der Waals surface area contributed by atoms with Crippen LogP contribution >= 0.6 is 0 Å². The Morgan fingerprint density at radius 1 is 1.29 bits per heavy atom. The Morgan fingerprint density at radius 2 is 2.11 bits per heavy atom. The summed E-state index contributed by atoms with van der Waals surface area (Å²) in [6.07, 6.45) is 4.04. The molecule has 1 unspecified atom stereocenters. The summed E-state index contributed by atoms with van der Waals surface area (Å²) in [5, 5.41) is 28.0. The average Bonchev–Trinajstić information content (AvgIpc) is 3.02. The Balaban J connectivity index is 1.45. The normalized spacial score (nSPS) is 34.7. The zero-order valence-corrected chi connectivity index (χ0v) is 16.3. The van der Waals surface area contributed by atoms with Crippen molar-refractivity contribution in [1.29, 1.82) is 0 Å². The molecule has 0 bridgehead atoms. The number of aliphatic hydroxyl groups is 2. The van der Waals surface area contributed by atoms with Gasteiger partial charge in [-0.05, 0) is 79.5 Å². The molecule has 0 amide bonds. The number of benzene rings is 1. The summed E-state index contributed by atoms with van der Waals surface area (Å²) < 4.78 is 10.6. The van der Waals surface area contributed by atoms with Gasteiger partial charge in [-0.1, -0.05) is 13.0 Å². The number of aliphatic hydroxyl groups excluding tert-OH is 2. The molecule has 1 aromatic rings. The Kier molecular flexibility index (Phi) is 5.27. The van der Waals surface area contributed by atoms with Crippen molar-refractivity contribution in [1.82, 2.24) is 0 Å². The van der Waals surface area contributed by atoms with Crippen molar-refractivity contribution in [3.8, 4) is 5.75 Å². The summed E-state index contributed by atoms with van der Waals surface area (Å²) in [7, 11) is 0. The average molecular weight is 390 g/mol. The molecule has 0 heterocycles. The van der Waals surface area contributed by atoms with Crippen molar-refractivity contribution in [2.75, 3.05) is 13.2 Å². The van der Waals surface area contributed by atoms with Crippen LogP contribution in [0, 0.1) is 17.3 Å². The first-order valence-corrected chi connectivity index (χ1v) is 10.4. The quantitative estimate of drug-likeness (QED) is 0.684. The van der Waals surface area contributed by atoms with Crippen molar-refractivity contribution >= 4 is 6.16 Å². The molecule has 4 rings (SSSR count). The Hall–Kier alpha value is -1.79. The number of carbonyl (C=O) groups is 1. The lowest BCUT2D eigenvalue weighted by molar-refractivity contribution is -0.0635. The molecule has 154 valence electrons. The van der Waals surface area contributed by atoms with Crippen molar-refractivity contribution in [2.24, 2.45) is 17.3 Å². The SMILES string of the molecule is C[C@]12CC[C@@H]3c4ccc(O)cc4CC[C@H]3[C@@H]1CC[C@H]2OC(=O)OCC(O)CO. The second-order valence-corrected chi connectivity index (χ2v) is 8.92. The monoisotopic (exact) mass is 390 g/mol. The topological polar surface area (TPSA) is 96.2 Å². The number of phenols is 1. The summed E-state index contributed by atoms with van der Waals surface area (Å²) >= 11 is 0. The molecular formula is C22H30O6. The largest absolute Gasteiger partial charge is 0.508 e. The zero-order valence-electron chi connectivity index (χ0n) is 16.3. The number of hydrogen-bond acceptors (Lipinski definition) is 6. The van der Waals surface area contributed by atoms with Crippen LogP contribution in [0.1, 0.15) is 56.1 Å². The van der Waals surface area contributed by atoms with Crippen LogP contribution in [0.5, 0.6) is 5.75 Å². The van der Waals surface area contributed by atoms with E-state index in [-0.39, 0.29) is 18.1 Å². The fourth-order valence-corrected chi connectivity index (χ4v) is 6.08. The smallest absolute Gasteiger partial charge is 0.508 e. The third-order valence-electron chi connectivity index (χ3n) is 7.47. The van der Waals surface area contributed by atoms with Gasteiger partial charge in [0.2, 0.25) is 0 Å². The van der Waals surface area contributed by atoms with Crippen molar-refractivity contribution in [2.45, 2.75) is 63.6 Å². The fourth-order valence-electron chi connectivity index (χ4n) is 6.08. The van der Waals surface area contributed by atoms with E-state index in [1.165, 1.54) is 11.1 Å². The highest BCUT2D eigenvalue weighted by Crippen LogP contribution is 2.61. The van der Waals surface area contributed by atoms with E-state index in [0.717, 1.165) is 38.5 Å². The van der Waals surface area contributed by atoms with Gasteiger partial charge in [-0.15, -0.1) is 0 Å². The predicted molar refractivity (Wildman–Crippen MR) is 102 cm³/mol. The molecule has 3 aliphatic carbocycles. The molecule has 2 saturated carbocycles. The molecule has 6 atom stereocenters. The number of fused-ring (bicyclic) bond motifs is 5. The highest BCUT2D eigenvalue weighted by molar-refractivity contribution is 5.60. The Labute approximate surface area is 165 Å². The summed E-state index contributed by atoms with van der Waals surface area (Å²) in [5.74, 6) is 1.95. The van der Waals surface area contributed by atoms with Crippen molar-refractivity contribution < 1.29 is 29.6 Å². The molecule has 3 N–H and O–H groups in total. The van der Waals surface area contributed by atoms with Gasteiger partial charge in [-0.25, -0.2) is 4.79 Å². The molecule has 2 fully saturated rings. The van der Waals surface area contributed by atoms with E-state index in [4.69, 9.17) is 14.6 Å². The molecule has 6 heteroatoms. The lowest BCUT2D eigenvalue weighted by atomic mass is 9.55. The summed E-state index contributed by atoms with van der Waals surface area (Å²) in [6.45, 7) is 1.54. The molecule has 0 saturated heterocycles. The number of carbonyl (C=O) groups excluding carboxylic acids is 1. The molecule has 0 radical (unpaired) electrons. The Morgan fingerprint density at radius 3 is 2.89 bits per heavy atom. The third-order valence-corrected chi connectivity index (χ3v) is 7.47. The summed E-state index contributed by atoms with van der Waals surface area (Å²) in [6, 6.07) is 5.81. The van der Waals surface area contributed by atoms with Gasteiger partial charge in [0.05, 0.1) is 6.61 Å². The van der Waals surface area contributed by atoms with Gasteiger partial charge in [0, 0.05) is 5.41 Å². The Bertz CT molecular complexity index is 734. The molecule has 0 aliphatic heterocycles. The fraction of sp³-hybridized carbons (Fsp3) is 0.682. The predicted octanol–water partition coefficient (Wildman–Crippen LogP) is 3.12. The van der Waals surface area contributed by atoms with Crippen LogP contribution in [-0.2, 0) is 15.9 Å². The summed E-state index contributed by atoms with van der Waals surface area (Å²) in [5.41, 5.74) is 2.61. The van der Waals surface area contributed by atoms with Gasteiger partial charge >= 0.3 is 6.16 Å². The minimum absolute atomic E-state index is 0.0514. The van der Waals surface area contributed by atoms with Gasteiger partial charge in [-0.2, -0.15) is 0 Å². The van der Waals surface area contributed by atoms with Crippen LogP contribution < -0.4 is 0 Å². The first-order valence-electron chi connectivity index (χ1n) is 10.4. The highest BCUT2D eigenvalue weighted by Gasteiger charge is 2.56. The number of phenolic OH excluding ortho intramolecular Hbond substituents is 1. The second kappa shape index (κ2) is 7.56. The summed E-state index contributed by atoms with van der Waals surface area (Å²) in [4.78, 5) is 12.1. The van der Waals surface area contributed by atoms with E-state index in [2.05, 4.69) is 13.0 Å². The van der Waals surface area contributed by atoms with E-state index in [0.29, 0.717) is 23.5 Å².